The van der Waals surface area contributed by atoms with Gasteiger partial charge in [-0.25, -0.2) is 4.79 Å². The van der Waals surface area contributed by atoms with Crippen molar-refractivity contribution in [2.24, 2.45) is 5.92 Å². The lowest BCUT2D eigenvalue weighted by Gasteiger charge is -2.34. The van der Waals surface area contributed by atoms with Crippen LogP contribution in [0, 0.1) is 5.92 Å². The van der Waals surface area contributed by atoms with E-state index < -0.39 is 30.7 Å². The van der Waals surface area contributed by atoms with Crippen LogP contribution in [0.1, 0.15) is 51.0 Å². The molecule has 1 aromatic carbocycles. The van der Waals surface area contributed by atoms with Gasteiger partial charge in [-0.2, -0.15) is 0 Å². The molecule has 1 saturated carbocycles. The van der Waals surface area contributed by atoms with Gasteiger partial charge in [0.1, 0.15) is 12.1 Å². The Bertz CT molecular complexity index is 891. The zero-order chi connectivity index (χ0) is 22.0. The second-order valence-corrected chi connectivity index (χ2v) is 8.69. The predicted octanol–water partition coefficient (Wildman–Crippen LogP) is 2.40. The zero-order valence-corrected chi connectivity index (χ0v) is 17.9. The molecule has 1 aliphatic carbocycles. The van der Waals surface area contributed by atoms with Crippen molar-refractivity contribution in [3.05, 3.63) is 29.8 Å². The van der Waals surface area contributed by atoms with Crippen molar-refractivity contribution in [1.29, 1.82) is 0 Å². The summed E-state index contributed by atoms with van der Waals surface area (Å²) in [6.45, 7) is 1.80. The number of ether oxygens (including phenoxy) is 1. The standard InChI is InChI=1S/C23H29N3O5/c1-2-16-9-11-23(12-10-16)21(29)26(22(30)24-23)14-20(28)31-15-19(27)25-13-5-7-17-6-3-4-8-18(17)25/h3-4,6,8,16H,2,5,7,9-15H2,1H3,(H,24,30). The molecule has 3 aliphatic rings. The summed E-state index contributed by atoms with van der Waals surface area (Å²) in [5.41, 5.74) is 1.04. The molecule has 166 valence electrons. The second kappa shape index (κ2) is 8.69. The van der Waals surface area contributed by atoms with Gasteiger partial charge in [0, 0.05) is 12.2 Å². The van der Waals surface area contributed by atoms with Crippen LogP contribution in [0.25, 0.3) is 0 Å². The van der Waals surface area contributed by atoms with Crippen LogP contribution >= 0.6 is 0 Å². The normalized spacial score (nSPS) is 25.4. The number of benzene rings is 1. The lowest BCUT2D eigenvalue weighted by Crippen LogP contribution is -2.49. The molecule has 0 atom stereocenters. The third-order valence-electron chi connectivity index (χ3n) is 6.84. The van der Waals surface area contributed by atoms with Crippen LogP contribution in [-0.4, -0.2) is 54.0 Å². The Hall–Kier alpha value is -2.90. The van der Waals surface area contributed by atoms with E-state index in [1.807, 2.05) is 24.3 Å². The van der Waals surface area contributed by atoms with Gasteiger partial charge in [-0.15, -0.1) is 0 Å². The van der Waals surface area contributed by atoms with Crippen molar-refractivity contribution in [3.8, 4) is 0 Å². The number of nitrogens with zero attached hydrogens (tertiary/aromatic N) is 2. The van der Waals surface area contributed by atoms with E-state index in [0.29, 0.717) is 25.3 Å². The molecule has 1 aromatic rings. The van der Waals surface area contributed by atoms with Gasteiger partial charge in [-0.3, -0.25) is 19.3 Å². The molecular weight excluding hydrogens is 398 g/mol. The average molecular weight is 428 g/mol. The van der Waals surface area contributed by atoms with Crippen molar-refractivity contribution in [1.82, 2.24) is 10.2 Å². The first-order valence-electron chi connectivity index (χ1n) is 11.1. The predicted molar refractivity (Wildman–Crippen MR) is 113 cm³/mol. The second-order valence-electron chi connectivity index (χ2n) is 8.69. The van der Waals surface area contributed by atoms with Gasteiger partial charge in [0.2, 0.25) is 0 Å². The number of aryl methyl sites for hydroxylation is 1. The number of hydrogen-bond donors (Lipinski definition) is 1. The molecule has 8 heteroatoms. The van der Waals surface area contributed by atoms with Crippen LogP contribution in [0.2, 0.25) is 0 Å². The number of para-hydroxylation sites is 1. The monoisotopic (exact) mass is 427 g/mol. The highest BCUT2D eigenvalue weighted by atomic mass is 16.5. The van der Waals surface area contributed by atoms with Gasteiger partial charge in [0.25, 0.3) is 11.8 Å². The number of anilines is 1. The molecule has 4 rings (SSSR count). The number of imide groups is 1. The Kier molecular flexibility index (Phi) is 5.98. The zero-order valence-electron chi connectivity index (χ0n) is 17.9. The lowest BCUT2D eigenvalue weighted by molar-refractivity contribution is -0.150. The fourth-order valence-corrected chi connectivity index (χ4v) is 4.92. The highest BCUT2D eigenvalue weighted by molar-refractivity contribution is 6.08. The fourth-order valence-electron chi connectivity index (χ4n) is 4.92. The average Bonchev–Trinajstić information content (AvgIpc) is 3.01. The first-order valence-corrected chi connectivity index (χ1v) is 11.1. The highest BCUT2D eigenvalue weighted by Crippen LogP contribution is 2.37. The Labute approximate surface area is 181 Å². The highest BCUT2D eigenvalue weighted by Gasteiger charge is 2.52. The van der Waals surface area contributed by atoms with Crippen LogP contribution in [0.5, 0.6) is 0 Å². The first-order chi connectivity index (χ1) is 14.9. The van der Waals surface area contributed by atoms with Crippen LogP contribution in [0.4, 0.5) is 10.5 Å². The number of fused-ring (bicyclic) bond motifs is 1. The van der Waals surface area contributed by atoms with Crippen molar-refractivity contribution < 1.29 is 23.9 Å². The molecule has 0 radical (unpaired) electrons. The maximum atomic E-state index is 12.9. The van der Waals surface area contributed by atoms with E-state index in [-0.39, 0.29) is 11.8 Å². The number of amides is 4. The van der Waals surface area contributed by atoms with E-state index in [1.54, 1.807) is 4.90 Å². The maximum absolute atomic E-state index is 12.9. The molecule has 8 nitrogen and oxygen atoms in total. The Morgan fingerprint density at radius 1 is 1.19 bits per heavy atom. The number of hydrogen-bond acceptors (Lipinski definition) is 5. The topological polar surface area (TPSA) is 96.0 Å². The summed E-state index contributed by atoms with van der Waals surface area (Å²) in [7, 11) is 0. The third-order valence-corrected chi connectivity index (χ3v) is 6.84. The molecule has 2 fully saturated rings. The smallest absolute Gasteiger partial charge is 0.326 e. The summed E-state index contributed by atoms with van der Waals surface area (Å²) in [5.74, 6) is -0.867. The molecule has 4 amide bonds. The number of esters is 1. The quantitative estimate of drug-likeness (QED) is 0.575. The van der Waals surface area contributed by atoms with E-state index in [2.05, 4.69) is 12.2 Å². The maximum Gasteiger partial charge on any atom is 0.326 e. The minimum absolute atomic E-state index is 0.313. The molecule has 2 heterocycles. The van der Waals surface area contributed by atoms with Crippen molar-refractivity contribution in [2.45, 2.75) is 57.4 Å². The summed E-state index contributed by atoms with van der Waals surface area (Å²) < 4.78 is 5.14. The van der Waals surface area contributed by atoms with E-state index >= 15 is 0 Å². The minimum atomic E-state index is -0.892. The summed E-state index contributed by atoms with van der Waals surface area (Å²) in [6.07, 6.45) is 5.76. The molecule has 1 N–H and O–H groups in total. The number of nitrogens with one attached hydrogen (secondary N) is 1. The molecule has 1 spiro atoms. The molecule has 0 aromatic heterocycles. The number of carbonyl (C=O) groups excluding carboxylic acids is 4. The Morgan fingerprint density at radius 2 is 1.94 bits per heavy atom. The molecule has 2 aliphatic heterocycles. The molecule has 31 heavy (non-hydrogen) atoms. The van der Waals surface area contributed by atoms with Gasteiger partial charge in [-0.1, -0.05) is 31.5 Å². The van der Waals surface area contributed by atoms with Crippen molar-refractivity contribution in [3.63, 3.8) is 0 Å². The van der Waals surface area contributed by atoms with Gasteiger partial charge < -0.3 is 15.0 Å². The summed E-state index contributed by atoms with van der Waals surface area (Å²) in [6, 6.07) is 7.12. The third kappa shape index (κ3) is 4.16. The van der Waals surface area contributed by atoms with E-state index in [1.165, 1.54) is 0 Å². The van der Waals surface area contributed by atoms with E-state index in [0.717, 1.165) is 48.3 Å². The van der Waals surface area contributed by atoms with Crippen LogP contribution in [-0.2, 0) is 25.5 Å². The number of carbonyl (C=O) groups is 4. The summed E-state index contributed by atoms with van der Waals surface area (Å²) in [4.78, 5) is 52.8. The van der Waals surface area contributed by atoms with Crippen molar-refractivity contribution in [2.75, 3.05) is 24.6 Å². The summed E-state index contributed by atoms with van der Waals surface area (Å²) in [5, 5.41) is 2.80. The molecule has 0 unspecified atom stereocenters. The van der Waals surface area contributed by atoms with Crippen molar-refractivity contribution >= 4 is 29.5 Å². The Balaban J connectivity index is 1.32. The fraction of sp³-hybridized carbons (Fsp3) is 0.565. The number of urea groups is 1. The van der Waals surface area contributed by atoms with Gasteiger partial charge in [-0.05, 0) is 56.1 Å². The van der Waals surface area contributed by atoms with Gasteiger partial charge in [0.05, 0.1) is 0 Å². The molecule has 0 bridgehead atoms. The van der Waals surface area contributed by atoms with E-state index in [4.69, 9.17) is 4.74 Å². The SMILES string of the molecule is CCC1CCC2(CC1)NC(=O)N(CC(=O)OCC(=O)N1CCCc3ccccc31)C2=O. The van der Waals surface area contributed by atoms with E-state index in [9.17, 15) is 19.2 Å². The first kappa shape index (κ1) is 21.3. The minimum Gasteiger partial charge on any atom is -0.454 e. The molecule has 1 saturated heterocycles. The Morgan fingerprint density at radius 3 is 2.68 bits per heavy atom. The van der Waals surface area contributed by atoms with Gasteiger partial charge >= 0.3 is 12.0 Å². The largest absolute Gasteiger partial charge is 0.454 e. The van der Waals surface area contributed by atoms with Crippen LogP contribution < -0.4 is 10.2 Å². The van der Waals surface area contributed by atoms with Crippen LogP contribution in [0.3, 0.4) is 0 Å². The molecular formula is C23H29N3O5. The number of rotatable bonds is 5. The van der Waals surface area contributed by atoms with Gasteiger partial charge in [0.15, 0.2) is 6.61 Å². The van der Waals surface area contributed by atoms with Crippen LogP contribution in [0.15, 0.2) is 24.3 Å². The lowest BCUT2D eigenvalue weighted by atomic mass is 9.75. The summed E-state index contributed by atoms with van der Waals surface area (Å²) >= 11 is 0.